The van der Waals surface area contributed by atoms with Crippen LogP contribution in [0.25, 0.3) is 0 Å². The lowest BCUT2D eigenvalue weighted by atomic mass is 9.90. The maximum atomic E-state index is 13.0. The predicted molar refractivity (Wildman–Crippen MR) is 140 cm³/mol. The molecule has 0 bridgehead atoms. The SMILES string of the molecule is CCOc1ncc(C(=O)NC(C)(C)C(N)=O)c(NCC(C(=N)c2ccc(Cl)cc2)c2ccccc2)n1. The molecular formula is C26H29ClN6O3. The number of halogens is 1. The van der Waals surface area contributed by atoms with E-state index in [1.165, 1.54) is 20.0 Å². The number of nitrogens with zero attached hydrogens (tertiary/aromatic N) is 2. The highest BCUT2D eigenvalue weighted by atomic mass is 35.5. The van der Waals surface area contributed by atoms with Crippen LogP contribution in [0.4, 0.5) is 5.82 Å². The zero-order valence-corrected chi connectivity index (χ0v) is 21.1. The third-order valence-electron chi connectivity index (χ3n) is 5.51. The minimum atomic E-state index is -1.28. The smallest absolute Gasteiger partial charge is 0.318 e. The Hall–Kier alpha value is -3.98. The highest BCUT2D eigenvalue weighted by Crippen LogP contribution is 2.24. The summed E-state index contributed by atoms with van der Waals surface area (Å²) in [7, 11) is 0. The summed E-state index contributed by atoms with van der Waals surface area (Å²) in [6.45, 7) is 5.40. The minimum Gasteiger partial charge on any atom is -0.464 e. The largest absolute Gasteiger partial charge is 0.464 e. The predicted octanol–water partition coefficient (Wildman–Crippen LogP) is 3.79. The number of carbonyl (C=O) groups excluding carboxylic acids is 2. The minimum absolute atomic E-state index is 0.0924. The second kappa shape index (κ2) is 11.6. The van der Waals surface area contributed by atoms with Gasteiger partial charge in [0, 0.05) is 29.4 Å². The van der Waals surface area contributed by atoms with Gasteiger partial charge in [0.05, 0.1) is 6.61 Å². The fourth-order valence-corrected chi connectivity index (χ4v) is 3.51. The monoisotopic (exact) mass is 508 g/mol. The molecule has 0 radical (unpaired) electrons. The van der Waals surface area contributed by atoms with E-state index in [4.69, 9.17) is 27.5 Å². The first-order valence-electron chi connectivity index (χ1n) is 11.4. The topological polar surface area (TPSA) is 143 Å². The van der Waals surface area contributed by atoms with Gasteiger partial charge in [-0.15, -0.1) is 0 Å². The first kappa shape index (κ1) is 26.6. The van der Waals surface area contributed by atoms with Crippen molar-refractivity contribution in [3.8, 4) is 6.01 Å². The molecule has 10 heteroatoms. The van der Waals surface area contributed by atoms with Crippen LogP contribution in [-0.2, 0) is 4.79 Å². The van der Waals surface area contributed by atoms with Crippen LogP contribution >= 0.6 is 11.6 Å². The number of primary amides is 1. The lowest BCUT2D eigenvalue weighted by Crippen LogP contribution is -2.53. The van der Waals surface area contributed by atoms with Gasteiger partial charge in [0.2, 0.25) is 5.91 Å². The Balaban J connectivity index is 1.94. The molecule has 0 aliphatic heterocycles. The van der Waals surface area contributed by atoms with Crippen LogP contribution in [0.1, 0.15) is 48.2 Å². The molecule has 0 spiro atoms. The van der Waals surface area contributed by atoms with E-state index in [1.54, 1.807) is 31.2 Å². The molecule has 0 aliphatic rings. The lowest BCUT2D eigenvalue weighted by Gasteiger charge is -2.24. The van der Waals surface area contributed by atoms with Crippen molar-refractivity contribution in [1.82, 2.24) is 15.3 Å². The molecule has 0 aliphatic carbocycles. The van der Waals surface area contributed by atoms with Gasteiger partial charge in [-0.2, -0.15) is 4.98 Å². The molecule has 3 aromatic rings. The molecule has 1 unspecified atom stereocenters. The maximum absolute atomic E-state index is 13.0. The Morgan fingerprint density at radius 2 is 1.81 bits per heavy atom. The van der Waals surface area contributed by atoms with Crippen LogP contribution in [-0.4, -0.2) is 46.2 Å². The Morgan fingerprint density at radius 3 is 2.42 bits per heavy atom. The zero-order chi connectivity index (χ0) is 26.3. The summed E-state index contributed by atoms with van der Waals surface area (Å²) in [6.07, 6.45) is 1.33. The maximum Gasteiger partial charge on any atom is 0.318 e. The number of nitrogens with one attached hydrogen (secondary N) is 3. The van der Waals surface area contributed by atoms with E-state index in [0.717, 1.165) is 5.56 Å². The number of ether oxygens (including phenoxy) is 1. The van der Waals surface area contributed by atoms with Gasteiger partial charge in [0.25, 0.3) is 5.91 Å². The van der Waals surface area contributed by atoms with Crippen molar-refractivity contribution in [2.24, 2.45) is 5.73 Å². The van der Waals surface area contributed by atoms with E-state index >= 15 is 0 Å². The molecule has 0 saturated carbocycles. The van der Waals surface area contributed by atoms with Crippen LogP contribution in [0.5, 0.6) is 6.01 Å². The highest BCUT2D eigenvalue weighted by molar-refractivity contribution is 6.30. The van der Waals surface area contributed by atoms with Crippen LogP contribution < -0.4 is 21.1 Å². The van der Waals surface area contributed by atoms with E-state index in [2.05, 4.69) is 20.6 Å². The molecule has 2 amide bonds. The summed E-state index contributed by atoms with van der Waals surface area (Å²) in [6, 6.07) is 16.7. The van der Waals surface area contributed by atoms with Crippen molar-refractivity contribution in [3.63, 3.8) is 0 Å². The number of carbonyl (C=O) groups is 2. The van der Waals surface area contributed by atoms with Gasteiger partial charge in [-0.25, -0.2) is 4.98 Å². The molecule has 36 heavy (non-hydrogen) atoms. The standard InChI is InChI=1S/C26H29ClN6O3/c1-4-36-25-31-15-20(23(34)33-26(2,3)24(29)35)22(32-25)30-14-19(16-8-6-5-7-9-16)21(28)17-10-12-18(27)13-11-17/h5-13,15,19,28H,4,14H2,1-3H3,(H2,29,35)(H,33,34)(H,30,31,32). The number of aromatic nitrogens is 2. The fraction of sp³-hybridized carbons (Fsp3) is 0.269. The van der Waals surface area contributed by atoms with Gasteiger partial charge in [-0.05, 0) is 44.0 Å². The number of hydrogen-bond acceptors (Lipinski definition) is 7. The Morgan fingerprint density at radius 1 is 1.14 bits per heavy atom. The third kappa shape index (κ3) is 6.57. The van der Waals surface area contributed by atoms with E-state index in [-0.39, 0.29) is 29.9 Å². The molecule has 2 aromatic carbocycles. The zero-order valence-electron chi connectivity index (χ0n) is 20.3. The van der Waals surface area contributed by atoms with Gasteiger partial charge in [0.1, 0.15) is 16.9 Å². The van der Waals surface area contributed by atoms with E-state index in [9.17, 15) is 9.59 Å². The van der Waals surface area contributed by atoms with Gasteiger partial charge in [-0.1, -0.05) is 54.1 Å². The lowest BCUT2D eigenvalue weighted by molar-refractivity contribution is -0.122. The molecule has 1 heterocycles. The van der Waals surface area contributed by atoms with Crippen molar-refractivity contribution >= 4 is 34.9 Å². The third-order valence-corrected chi connectivity index (χ3v) is 5.76. The molecular weight excluding hydrogens is 480 g/mol. The van der Waals surface area contributed by atoms with Crippen molar-refractivity contribution in [2.45, 2.75) is 32.2 Å². The van der Waals surface area contributed by atoms with Gasteiger partial charge in [-0.3, -0.25) is 9.59 Å². The van der Waals surface area contributed by atoms with Crippen LogP contribution in [0, 0.1) is 5.41 Å². The molecule has 1 aromatic heterocycles. The quantitative estimate of drug-likeness (QED) is 0.290. The first-order chi connectivity index (χ1) is 17.1. The van der Waals surface area contributed by atoms with Crippen LogP contribution in [0.15, 0.2) is 60.8 Å². The Labute approximate surface area is 214 Å². The highest BCUT2D eigenvalue weighted by Gasteiger charge is 2.29. The summed E-state index contributed by atoms with van der Waals surface area (Å²) < 4.78 is 5.42. The molecule has 188 valence electrons. The molecule has 0 saturated heterocycles. The van der Waals surface area contributed by atoms with Crippen molar-refractivity contribution < 1.29 is 14.3 Å². The molecule has 0 fully saturated rings. The van der Waals surface area contributed by atoms with Crippen molar-refractivity contribution in [2.75, 3.05) is 18.5 Å². The number of anilines is 1. The van der Waals surface area contributed by atoms with Gasteiger partial charge < -0.3 is 26.5 Å². The normalized spacial score (nSPS) is 11.9. The number of rotatable bonds is 11. The van der Waals surface area contributed by atoms with E-state index < -0.39 is 17.4 Å². The summed E-state index contributed by atoms with van der Waals surface area (Å²) >= 11 is 6.03. The first-order valence-corrected chi connectivity index (χ1v) is 11.8. The van der Waals surface area contributed by atoms with Crippen LogP contribution in [0.3, 0.4) is 0 Å². The average Bonchev–Trinajstić information content (AvgIpc) is 2.85. The molecule has 9 nitrogen and oxygen atoms in total. The summed E-state index contributed by atoms with van der Waals surface area (Å²) in [5, 5.41) is 15.3. The fourth-order valence-electron chi connectivity index (χ4n) is 3.38. The summed E-state index contributed by atoms with van der Waals surface area (Å²) in [4.78, 5) is 33.2. The molecule has 1 atom stereocenters. The number of benzene rings is 2. The van der Waals surface area contributed by atoms with E-state index in [0.29, 0.717) is 22.9 Å². The van der Waals surface area contributed by atoms with Crippen molar-refractivity contribution in [3.05, 3.63) is 82.5 Å². The van der Waals surface area contributed by atoms with Crippen LogP contribution in [0.2, 0.25) is 5.02 Å². The van der Waals surface area contributed by atoms with Gasteiger partial charge >= 0.3 is 6.01 Å². The number of amides is 2. The van der Waals surface area contributed by atoms with E-state index in [1.807, 2.05) is 30.3 Å². The number of hydrogen-bond donors (Lipinski definition) is 4. The second-order valence-corrected chi connectivity index (χ2v) is 8.99. The molecule has 5 N–H and O–H groups in total. The van der Waals surface area contributed by atoms with Crippen molar-refractivity contribution in [1.29, 1.82) is 5.41 Å². The Bertz CT molecular complexity index is 1230. The van der Waals surface area contributed by atoms with Gasteiger partial charge in [0.15, 0.2) is 0 Å². The summed E-state index contributed by atoms with van der Waals surface area (Å²) in [5.41, 5.74) is 6.22. The second-order valence-electron chi connectivity index (χ2n) is 8.56. The summed E-state index contributed by atoms with van der Waals surface area (Å²) in [5.74, 6) is -1.43. The average molecular weight is 509 g/mol. The number of nitrogens with two attached hydrogens (primary N) is 1. The Kier molecular flexibility index (Phi) is 8.60. The molecule has 3 rings (SSSR count).